The predicted octanol–water partition coefficient (Wildman–Crippen LogP) is 2.02. The molecular weight excluding hydrogens is 398 g/mol. The largest absolute Gasteiger partial charge is 0.470 e. The molecule has 1 spiro atoms. The number of ether oxygens (including phenoxy) is 1. The highest BCUT2D eigenvalue weighted by Gasteiger charge is 2.43. The van der Waals surface area contributed by atoms with Gasteiger partial charge in [-0.1, -0.05) is 24.3 Å². The monoisotopic (exact) mass is 425 g/mol. The molecule has 1 saturated heterocycles. The standard InChI is InChI=1S/C20H24N4O2S.C2H3N/c1-27(25)19-22-17(24-10-8-21-9-11-24)16-6-7-20(26-18(16)23-19)12-14-4-2-3-5-15(14)13-20;1-2-3/h2-5,21H,6-13H2,1H3;1H3. The van der Waals surface area contributed by atoms with Gasteiger partial charge in [0.1, 0.15) is 11.4 Å². The molecule has 3 heterocycles. The van der Waals surface area contributed by atoms with E-state index < -0.39 is 10.8 Å². The zero-order valence-electron chi connectivity index (χ0n) is 17.5. The van der Waals surface area contributed by atoms with Crippen molar-refractivity contribution in [3.05, 3.63) is 41.0 Å². The molecule has 1 aliphatic carbocycles. The van der Waals surface area contributed by atoms with Crippen molar-refractivity contribution in [1.29, 1.82) is 5.26 Å². The van der Waals surface area contributed by atoms with E-state index in [9.17, 15) is 4.21 Å². The summed E-state index contributed by atoms with van der Waals surface area (Å²) in [5.74, 6) is 1.56. The average molecular weight is 426 g/mol. The minimum atomic E-state index is -1.24. The van der Waals surface area contributed by atoms with Crippen LogP contribution in [0.5, 0.6) is 5.88 Å². The molecule has 1 fully saturated rings. The average Bonchev–Trinajstić information content (AvgIpc) is 3.11. The Morgan fingerprint density at radius 1 is 1.20 bits per heavy atom. The van der Waals surface area contributed by atoms with Gasteiger partial charge in [-0.05, 0) is 24.0 Å². The van der Waals surface area contributed by atoms with Crippen LogP contribution in [-0.2, 0) is 30.1 Å². The summed E-state index contributed by atoms with van der Waals surface area (Å²) in [5, 5.41) is 11.1. The Balaban J connectivity index is 0.000000687. The van der Waals surface area contributed by atoms with Crippen LogP contribution in [0.2, 0.25) is 0 Å². The first-order valence-electron chi connectivity index (χ1n) is 10.3. The van der Waals surface area contributed by atoms with Gasteiger partial charge in [-0.3, -0.25) is 4.21 Å². The zero-order chi connectivity index (χ0) is 21.1. The molecule has 5 rings (SSSR count). The minimum Gasteiger partial charge on any atom is -0.470 e. The second-order valence-electron chi connectivity index (χ2n) is 7.94. The molecule has 2 aromatic rings. The summed E-state index contributed by atoms with van der Waals surface area (Å²) in [6.45, 7) is 5.10. The zero-order valence-corrected chi connectivity index (χ0v) is 18.3. The van der Waals surface area contributed by atoms with Crippen LogP contribution in [0.15, 0.2) is 29.4 Å². The van der Waals surface area contributed by atoms with Crippen LogP contribution in [0.3, 0.4) is 0 Å². The van der Waals surface area contributed by atoms with Crippen LogP contribution in [-0.4, -0.2) is 52.2 Å². The number of anilines is 1. The molecule has 0 amide bonds. The van der Waals surface area contributed by atoms with Gasteiger partial charge in [0.05, 0.1) is 22.4 Å². The van der Waals surface area contributed by atoms with E-state index >= 15 is 0 Å². The molecule has 7 nitrogen and oxygen atoms in total. The highest BCUT2D eigenvalue weighted by molar-refractivity contribution is 7.84. The topological polar surface area (TPSA) is 91.1 Å². The van der Waals surface area contributed by atoms with Crippen molar-refractivity contribution in [2.45, 2.75) is 43.4 Å². The third-order valence-electron chi connectivity index (χ3n) is 5.89. The number of nitriles is 1. The number of rotatable bonds is 2. The first-order valence-corrected chi connectivity index (χ1v) is 11.9. The Kier molecular flexibility index (Phi) is 6.02. The second-order valence-corrected chi connectivity index (χ2v) is 9.21. The number of hydrogen-bond donors (Lipinski definition) is 1. The number of nitrogens with zero attached hydrogens (tertiary/aromatic N) is 4. The van der Waals surface area contributed by atoms with Crippen molar-refractivity contribution >= 4 is 16.6 Å². The molecule has 158 valence electrons. The number of hydrogen-bond acceptors (Lipinski definition) is 7. The Hall–Kier alpha value is -2.50. The van der Waals surface area contributed by atoms with Crippen molar-refractivity contribution < 1.29 is 8.95 Å². The van der Waals surface area contributed by atoms with Gasteiger partial charge in [0.2, 0.25) is 11.0 Å². The SMILES string of the molecule is CC#N.CS(=O)c1nc2c(c(N3CCNCC3)n1)CCC1(Cc3ccccc3C1)O2. The van der Waals surface area contributed by atoms with Crippen LogP contribution in [0, 0.1) is 11.3 Å². The highest BCUT2D eigenvalue weighted by Crippen LogP contribution is 2.43. The Labute approximate surface area is 179 Å². The summed E-state index contributed by atoms with van der Waals surface area (Å²) < 4.78 is 18.7. The molecule has 8 heteroatoms. The third kappa shape index (κ3) is 4.05. The summed E-state index contributed by atoms with van der Waals surface area (Å²) in [6.07, 6.45) is 5.33. The van der Waals surface area contributed by atoms with Crippen molar-refractivity contribution in [3.8, 4) is 11.9 Å². The van der Waals surface area contributed by atoms with Crippen LogP contribution in [0.4, 0.5) is 5.82 Å². The Morgan fingerprint density at radius 3 is 2.43 bits per heavy atom. The van der Waals surface area contributed by atoms with Crippen molar-refractivity contribution in [2.75, 3.05) is 37.3 Å². The lowest BCUT2D eigenvalue weighted by atomic mass is 9.89. The quantitative estimate of drug-likeness (QED) is 0.736. The van der Waals surface area contributed by atoms with E-state index in [1.165, 1.54) is 18.1 Å². The first-order chi connectivity index (χ1) is 14.5. The molecule has 2 aliphatic heterocycles. The molecule has 0 saturated carbocycles. The highest BCUT2D eigenvalue weighted by atomic mass is 32.2. The number of benzene rings is 1. The lowest BCUT2D eigenvalue weighted by Gasteiger charge is -2.37. The predicted molar refractivity (Wildman–Crippen MR) is 116 cm³/mol. The summed E-state index contributed by atoms with van der Waals surface area (Å²) in [7, 11) is -1.24. The van der Waals surface area contributed by atoms with Gasteiger partial charge in [-0.15, -0.1) is 0 Å². The third-order valence-corrected chi connectivity index (χ3v) is 6.58. The fourth-order valence-electron chi connectivity index (χ4n) is 4.52. The maximum atomic E-state index is 12.2. The van der Waals surface area contributed by atoms with E-state index in [0.29, 0.717) is 11.0 Å². The Morgan fingerprint density at radius 2 is 1.83 bits per heavy atom. The maximum Gasteiger partial charge on any atom is 0.223 e. The number of nitrogens with one attached hydrogen (secondary N) is 1. The van der Waals surface area contributed by atoms with Crippen LogP contribution in [0.25, 0.3) is 0 Å². The molecule has 1 atom stereocenters. The van der Waals surface area contributed by atoms with Crippen LogP contribution < -0.4 is 15.0 Å². The van der Waals surface area contributed by atoms with Crippen molar-refractivity contribution in [1.82, 2.24) is 15.3 Å². The molecule has 0 bridgehead atoms. The molecule has 30 heavy (non-hydrogen) atoms. The van der Waals surface area contributed by atoms with Crippen LogP contribution in [0.1, 0.15) is 30.0 Å². The van der Waals surface area contributed by atoms with Gasteiger partial charge in [-0.2, -0.15) is 10.2 Å². The van der Waals surface area contributed by atoms with Gasteiger partial charge in [-0.25, -0.2) is 4.98 Å². The van der Waals surface area contributed by atoms with E-state index in [2.05, 4.69) is 44.5 Å². The van der Waals surface area contributed by atoms with Gasteiger partial charge in [0.15, 0.2) is 0 Å². The summed E-state index contributed by atoms with van der Waals surface area (Å²) in [4.78, 5) is 11.5. The smallest absolute Gasteiger partial charge is 0.223 e. The molecule has 1 aromatic carbocycles. The van der Waals surface area contributed by atoms with E-state index in [1.807, 2.05) is 0 Å². The van der Waals surface area contributed by atoms with Crippen molar-refractivity contribution in [3.63, 3.8) is 0 Å². The van der Waals surface area contributed by atoms with Gasteiger partial charge < -0.3 is 15.0 Å². The van der Waals surface area contributed by atoms with E-state index in [-0.39, 0.29) is 5.60 Å². The van der Waals surface area contributed by atoms with E-state index in [1.54, 1.807) is 12.3 Å². The van der Waals surface area contributed by atoms with Crippen molar-refractivity contribution in [2.24, 2.45) is 0 Å². The fourth-order valence-corrected chi connectivity index (χ4v) is 4.95. The first kappa shape index (κ1) is 20.8. The molecule has 1 aromatic heterocycles. The molecule has 0 radical (unpaired) electrons. The lowest BCUT2D eigenvalue weighted by molar-refractivity contribution is 0.0499. The minimum absolute atomic E-state index is 0.224. The summed E-state index contributed by atoms with van der Waals surface area (Å²) in [6, 6.07) is 10.3. The van der Waals surface area contributed by atoms with E-state index in [4.69, 9.17) is 10.00 Å². The maximum absolute atomic E-state index is 12.2. The summed E-state index contributed by atoms with van der Waals surface area (Å²) in [5.41, 5.74) is 3.60. The van der Waals surface area contributed by atoms with Crippen LogP contribution >= 0.6 is 0 Å². The fraction of sp³-hybridized carbons (Fsp3) is 0.500. The second kappa shape index (κ2) is 8.70. The molecular formula is C22H27N5O2S. The Bertz CT molecular complexity index is 973. The normalized spacial score (nSPS) is 19.6. The van der Waals surface area contributed by atoms with Gasteiger partial charge >= 0.3 is 0 Å². The van der Waals surface area contributed by atoms with E-state index in [0.717, 1.165) is 63.2 Å². The van der Waals surface area contributed by atoms with Gasteiger partial charge in [0.25, 0.3) is 0 Å². The molecule has 1 unspecified atom stereocenters. The molecule has 3 aliphatic rings. The summed E-state index contributed by atoms with van der Waals surface area (Å²) >= 11 is 0. The number of aromatic nitrogens is 2. The molecule has 1 N–H and O–H groups in total. The number of piperazine rings is 1. The van der Waals surface area contributed by atoms with Gasteiger partial charge in [0, 0.05) is 52.2 Å². The lowest BCUT2D eigenvalue weighted by Crippen LogP contribution is -2.46. The number of fused-ring (bicyclic) bond motifs is 2.